The number of rotatable bonds is 2. The Bertz CT molecular complexity index is 786. The van der Waals surface area contributed by atoms with Gasteiger partial charge in [0, 0.05) is 16.7 Å². The maximum Gasteiger partial charge on any atom is 0.416 e. The molecule has 7 heteroatoms. The fourth-order valence-corrected chi connectivity index (χ4v) is 2.79. The van der Waals surface area contributed by atoms with Crippen LogP contribution in [0.5, 0.6) is 0 Å². The first-order valence-electron chi connectivity index (χ1n) is 6.58. The second-order valence-electron chi connectivity index (χ2n) is 5.03. The summed E-state index contributed by atoms with van der Waals surface area (Å²) in [6, 6.07) is 7.04. The Labute approximate surface area is 133 Å². The lowest BCUT2D eigenvalue weighted by atomic mass is 9.94. The third-order valence-electron chi connectivity index (χ3n) is 3.64. The van der Waals surface area contributed by atoms with Crippen LogP contribution >= 0.6 is 11.6 Å². The first-order valence-corrected chi connectivity index (χ1v) is 7.11. The van der Waals surface area contributed by atoms with Gasteiger partial charge in [0.15, 0.2) is 6.10 Å². The number of cyclic esters (lactones) is 1. The minimum Gasteiger partial charge on any atom is -0.449 e. The van der Waals surface area contributed by atoms with Crippen LogP contribution in [0.1, 0.15) is 38.7 Å². The molecule has 1 atom stereocenters. The van der Waals surface area contributed by atoms with Gasteiger partial charge < -0.3 is 4.74 Å². The van der Waals surface area contributed by atoms with E-state index in [0.717, 1.165) is 12.1 Å². The van der Waals surface area contributed by atoms with Crippen molar-refractivity contribution in [3.05, 3.63) is 70.0 Å². The Hall–Kier alpha value is -2.08. The predicted octanol–water partition coefficient (Wildman–Crippen LogP) is 4.84. The molecule has 0 fully saturated rings. The van der Waals surface area contributed by atoms with Crippen LogP contribution in [-0.2, 0) is 16.8 Å². The number of esters is 1. The molecule has 2 nitrogen and oxygen atoms in total. The number of fused-ring (bicyclic) bond motifs is 1. The van der Waals surface area contributed by atoms with Crippen molar-refractivity contribution in [1.82, 2.24) is 0 Å². The van der Waals surface area contributed by atoms with E-state index in [4.69, 9.17) is 16.3 Å². The summed E-state index contributed by atoms with van der Waals surface area (Å²) in [6.07, 6.45) is -5.83. The number of ether oxygens (including phenoxy) is 1. The summed E-state index contributed by atoms with van der Waals surface area (Å²) in [5.41, 5.74) is -0.901. The van der Waals surface area contributed by atoms with Gasteiger partial charge in [0.2, 0.25) is 0 Å². The number of hydrogen-bond acceptors (Lipinski definition) is 2. The molecule has 120 valence electrons. The van der Waals surface area contributed by atoms with E-state index < -0.39 is 29.6 Å². The fourth-order valence-electron chi connectivity index (χ4n) is 2.58. The third kappa shape index (κ3) is 2.67. The van der Waals surface area contributed by atoms with Gasteiger partial charge in [-0.3, -0.25) is 0 Å². The van der Waals surface area contributed by atoms with Gasteiger partial charge in [-0.1, -0.05) is 18.2 Å². The summed E-state index contributed by atoms with van der Waals surface area (Å²) in [5, 5.41) is 0. The maximum atomic E-state index is 13.7. The Morgan fingerprint density at radius 2 is 1.83 bits per heavy atom. The molecular formula is C16H9ClF4O2. The van der Waals surface area contributed by atoms with Crippen molar-refractivity contribution in [2.24, 2.45) is 0 Å². The minimum atomic E-state index is -4.60. The van der Waals surface area contributed by atoms with Crippen molar-refractivity contribution < 1.29 is 27.1 Å². The van der Waals surface area contributed by atoms with Gasteiger partial charge in [-0.15, -0.1) is 11.6 Å². The van der Waals surface area contributed by atoms with Gasteiger partial charge in [0.05, 0.1) is 17.0 Å². The Balaban J connectivity index is 2.18. The number of carbonyl (C=O) groups is 1. The normalized spacial score (nSPS) is 17.1. The van der Waals surface area contributed by atoms with Crippen molar-refractivity contribution in [2.75, 3.05) is 0 Å². The molecule has 2 aromatic rings. The predicted molar refractivity (Wildman–Crippen MR) is 74.7 cm³/mol. The standard InChI is InChI=1S/C16H9ClF4O2/c17-7-8-5-10-11(6-13(8)18)15(22)23-14(10)9-3-1-2-4-12(9)16(19,20)21/h1-6,14H,7H2. The zero-order chi connectivity index (χ0) is 16.8. The summed E-state index contributed by atoms with van der Waals surface area (Å²) in [4.78, 5) is 11.9. The molecule has 0 bridgehead atoms. The molecule has 1 aliphatic rings. The summed E-state index contributed by atoms with van der Waals surface area (Å²) in [5.74, 6) is -1.72. The van der Waals surface area contributed by atoms with E-state index in [1.807, 2.05) is 0 Å². The molecule has 2 aromatic carbocycles. The Morgan fingerprint density at radius 3 is 2.48 bits per heavy atom. The highest BCUT2D eigenvalue weighted by Gasteiger charge is 2.40. The molecular weight excluding hydrogens is 336 g/mol. The summed E-state index contributed by atoms with van der Waals surface area (Å²) < 4.78 is 58.3. The zero-order valence-corrected chi connectivity index (χ0v) is 12.2. The summed E-state index contributed by atoms with van der Waals surface area (Å²) >= 11 is 5.62. The molecule has 0 aromatic heterocycles. The van der Waals surface area contributed by atoms with E-state index in [9.17, 15) is 22.4 Å². The van der Waals surface area contributed by atoms with Crippen molar-refractivity contribution in [3.8, 4) is 0 Å². The quantitative estimate of drug-likeness (QED) is 0.442. The minimum absolute atomic E-state index is 0.0849. The number of hydrogen-bond donors (Lipinski definition) is 0. The van der Waals surface area contributed by atoms with Gasteiger partial charge in [0.25, 0.3) is 0 Å². The highest BCUT2D eigenvalue weighted by atomic mass is 35.5. The molecule has 1 unspecified atom stereocenters. The zero-order valence-electron chi connectivity index (χ0n) is 11.5. The second-order valence-corrected chi connectivity index (χ2v) is 5.30. The van der Waals surface area contributed by atoms with E-state index in [1.165, 1.54) is 24.3 Å². The van der Waals surface area contributed by atoms with Gasteiger partial charge in [-0.05, 0) is 18.2 Å². The van der Waals surface area contributed by atoms with Crippen LogP contribution in [0.25, 0.3) is 0 Å². The molecule has 0 saturated carbocycles. The van der Waals surface area contributed by atoms with Crippen molar-refractivity contribution in [1.29, 1.82) is 0 Å². The molecule has 0 amide bonds. The summed E-state index contributed by atoms with van der Waals surface area (Å²) in [7, 11) is 0. The highest BCUT2D eigenvalue weighted by molar-refractivity contribution is 6.17. The molecule has 3 rings (SSSR count). The fraction of sp³-hybridized carbons (Fsp3) is 0.188. The van der Waals surface area contributed by atoms with Crippen LogP contribution in [0, 0.1) is 5.82 Å². The first kappa shape index (κ1) is 15.8. The smallest absolute Gasteiger partial charge is 0.416 e. The van der Waals surface area contributed by atoms with Crippen LogP contribution in [0.3, 0.4) is 0 Å². The van der Waals surface area contributed by atoms with Crippen LogP contribution in [0.2, 0.25) is 0 Å². The molecule has 23 heavy (non-hydrogen) atoms. The molecule has 0 aliphatic carbocycles. The number of halogens is 5. The maximum absolute atomic E-state index is 13.7. The van der Waals surface area contributed by atoms with Crippen molar-refractivity contribution in [2.45, 2.75) is 18.2 Å². The highest BCUT2D eigenvalue weighted by Crippen LogP contribution is 2.42. The van der Waals surface area contributed by atoms with Gasteiger partial charge >= 0.3 is 12.1 Å². The topological polar surface area (TPSA) is 26.3 Å². The van der Waals surface area contributed by atoms with Crippen LogP contribution in [0.4, 0.5) is 17.6 Å². The number of carbonyl (C=O) groups excluding carboxylic acids is 1. The third-order valence-corrected chi connectivity index (χ3v) is 3.93. The average molecular weight is 345 g/mol. The monoisotopic (exact) mass is 344 g/mol. The van der Waals surface area contributed by atoms with E-state index in [-0.39, 0.29) is 28.1 Å². The van der Waals surface area contributed by atoms with Gasteiger partial charge in [0.1, 0.15) is 5.82 Å². The van der Waals surface area contributed by atoms with Crippen LogP contribution < -0.4 is 0 Å². The largest absolute Gasteiger partial charge is 0.449 e. The lowest BCUT2D eigenvalue weighted by molar-refractivity contribution is -0.139. The van der Waals surface area contributed by atoms with Gasteiger partial charge in [-0.2, -0.15) is 13.2 Å². The molecule has 0 spiro atoms. The molecule has 0 saturated heterocycles. The van der Waals surface area contributed by atoms with Crippen molar-refractivity contribution in [3.63, 3.8) is 0 Å². The van der Waals surface area contributed by atoms with E-state index in [1.54, 1.807) is 0 Å². The van der Waals surface area contributed by atoms with Crippen molar-refractivity contribution >= 4 is 17.6 Å². The lowest BCUT2D eigenvalue weighted by Crippen LogP contribution is -2.13. The molecule has 1 heterocycles. The van der Waals surface area contributed by atoms with E-state index in [2.05, 4.69) is 0 Å². The SMILES string of the molecule is O=C1OC(c2ccccc2C(F)(F)F)c2cc(CCl)c(F)cc21. The molecule has 0 N–H and O–H groups in total. The second kappa shape index (κ2) is 5.53. The number of alkyl halides is 4. The summed E-state index contributed by atoms with van der Waals surface area (Å²) in [6.45, 7) is 0. The first-order chi connectivity index (χ1) is 10.8. The van der Waals surface area contributed by atoms with Gasteiger partial charge in [-0.25, -0.2) is 9.18 Å². The molecule has 1 aliphatic heterocycles. The van der Waals surface area contributed by atoms with Crippen LogP contribution in [-0.4, -0.2) is 5.97 Å². The number of benzene rings is 2. The average Bonchev–Trinajstić information content (AvgIpc) is 2.82. The molecule has 0 radical (unpaired) electrons. The Kier molecular flexibility index (Phi) is 3.80. The van der Waals surface area contributed by atoms with E-state index in [0.29, 0.717) is 0 Å². The Morgan fingerprint density at radius 1 is 1.13 bits per heavy atom. The van der Waals surface area contributed by atoms with Crippen LogP contribution in [0.15, 0.2) is 36.4 Å². The van der Waals surface area contributed by atoms with E-state index >= 15 is 0 Å². The lowest BCUT2D eigenvalue weighted by Gasteiger charge is -2.18.